The Morgan fingerprint density at radius 1 is 1.15 bits per heavy atom. The Morgan fingerprint density at radius 2 is 1.85 bits per heavy atom. The normalized spacial score (nSPS) is 16.9. The average Bonchev–Trinajstić information content (AvgIpc) is 2.45. The van der Waals surface area contributed by atoms with Gasteiger partial charge in [-0.1, -0.05) is 19.9 Å². The molecule has 4 nitrogen and oxygen atoms in total. The van der Waals surface area contributed by atoms with Gasteiger partial charge in [0.25, 0.3) is 0 Å². The van der Waals surface area contributed by atoms with Gasteiger partial charge in [-0.3, -0.25) is 0 Å². The Kier molecular flexibility index (Phi) is 5.72. The Labute approximate surface area is 126 Å². The molecule has 20 heavy (non-hydrogen) atoms. The highest BCUT2D eigenvalue weighted by Crippen LogP contribution is 2.25. The molecule has 1 aliphatic heterocycles. The van der Waals surface area contributed by atoms with E-state index in [1.54, 1.807) is 0 Å². The van der Waals surface area contributed by atoms with Crippen LogP contribution in [0.2, 0.25) is 0 Å². The number of hydrogen-bond donors (Lipinski definition) is 0. The second kappa shape index (κ2) is 7.31. The summed E-state index contributed by atoms with van der Waals surface area (Å²) in [7, 11) is 0. The molecule has 0 spiro atoms. The first-order valence-electron chi connectivity index (χ1n) is 7.09. The summed E-state index contributed by atoms with van der Waals surface area (Å²) in [5, 5.41) is 1.86. The van der Waals surface area contributed by atoms with Gasteiger partial charge in [0.2, 0.25) is 0 Å². The van der Waals surface area contributed by atoms with Crippen molar-refractivity contribution in [2.45, 2.75) is 26.7 Å². The van der Waals surface area contributed by atoms with Gasteiger partial charge in [0.1, 0.15) is 0 Å². The topological polar surface area (TPSA) is 24.9 Å². The van der Waals surface area contributed by atoms with Crippen LogP contribution in [0.1, 0.15) is 30.9 Å². The molecule has 112 valence electrons. The molecule has 1 aliphatic rings. The molecule has 0 amide bonds. The molecule has 0 N–H and O–H groups in total. The van der Waals surface area contributed by atoms with E-state index in [0.717, 1.165) is 26.2 Å². The fourth-order valence-electron chi connectivity index (χ4n) is 2.60. The van der Waals surface area contributed by atoms with E-state index in [9.17, 15) is 0 Å². The molecule has 0 aliphatic carbocycles. The molecule has 1 heterocycles. The molecular weight excluding hydrogens is 272 g/mol. The summed E-state index contributed by atoms with van der Waals surface area (Å²) in [6.07, 6.45) is 1.84. The molecule has 1 saturated heterocycles. The molecular formula is C15H24N2O2S. The lowest BCUT2D eigenvalue weighted by molar-refractivity contribution is -0.360. The van der Waals surface area contributed by atoms with Crippen molar-refractivity contribution in [3.63, 3.8) is 0 Å². The van der Waals surface area contributed by atoms with E-state index in [2.05, 4.69) is 43.9 Å². The van der Waals surface area contributed by atoms with Crippen LogP contribution in [0.25, 0.3) is 0 Å². The van der Waals surface area contributed by atoms with Crippen molar-refractivity contribution in [1.29, 1.82) is 0 Å². The Hall–Kier alpha value is -0.750. The minimum absolute atomic E-state index is 0.581. The molecule has 0 radical (unpaired) electrons. The monoisotopic (exact) mass is 296 g/mol. The highest BCUT2D eigenvalue weighted by Gasteiger charge is 2.19. The number of rotatable bonds is 5. The maximum absolute atomic E-state index is 5.16. The second-order valence-electron chi connectivity index (χ2n) is 5.42. The van der Waals surface area contributed by atoms with E-state index >= 15 is 0 Å². The Balaban J connectivity index is 1.95. The van der Waals surface area contributed by atoms with Crippen LogP contribution in [-0.4, -0.2) is 37.5 Å². The molecule has 5 heteroatoms. The minimum Gasteiger partial charge on any atom is -0.369 e. The van der Waals surface area contributed by atoms with Crippen LogP contribution in [0.3, 0.4) is 0 Å². The van der Waals surface area contributed by atoms with Crippen molar-refractivity contribution in [2.24, 2.45) is 0 Å². The lowest BCUT2D eigenvalue weighted by Crippen LogP contribution is -2.46. The van der Waals surface area contributed by atoms with Crippen molar-refractivity contribution in [1.82, 2.24) is 5.06 Å². The first-order chi connectivity index (χ1) is 9.61. The van der Waals surface area contributed by atoms with Crippen LogP contribution in [0, 0.1) is 6.92 Å². The molecule has 0 unspecified atom stereocenters. The zero-order chi connectivity index (χ0) is 14.5. The van der Waals surface area contributed by atoms with Gasteiger partial charge >= 0.3 is 0 Å². The number of aryl methyl sites for hydroxylation is 1. The fourth-order valence-corrected chi connectivity index (χ4v) is 2.75. The molecule has 0 bridgehead atoms. The van der Waals surface area contributed by atoms with Crippen LogP contribution in [0.15, 0.2) is 18.2 Å². The van der Waals surface area contributed by atoms with Crippen molar-refractivity contribution < 1.29 is 9.32 Å². The summed E-state index contributed by atoms with van der Waals surface area (Å²) in [4.78, 5) is 7.56. The predicted molar refractivity (Wildman–Crippen MR) is 84.7 cm³/mol. The van der Waals surface area contributed by atoms with Crippen LogP contribution in [-0.2, 0) is 9.32 Å². The third-order valence-corrected chi connectivity index (χ3v) is 3.88. The zero-order valence-corrected chi connectivity index (χ0v) is 13.6. The summed E-state index contributed by atoms with van der Waals surface area (Å²) in [6, 6.07) is 6.79. The standard InChI is InChI=1S/C15H24N2O2S/c1-12(2)15-6-5-14(11-13(15)3)16-7-9-17(10-8-16)18-19-20-4/h5-6,11-12H,7-10H2,1-4H3. The lowest BCUT2D eigenvalue weighted by Gasteiger charge is -2.34. The largest absolute Gasteiger partial charge is 0.369 e. The highest BCUT2D eigenvalue weighted by molar-refractivity contribution is 7.93. The van der Waals surface area contributed by atoms with Gasteiger partial charge in [-0.15, -0.1) is 9.32 Å². The Bertz CT molecular complexity index is 432. The van der Waals surface area contributed by atoms with Gasteiger partial charge in [0, 0.05) is 50.2 Å². The maximum Gasteiger partial charge on any atom is 0.0447 e. The van der Waals surface area contributed by atoms with Gasteiger partial charge in [-0.25, -0.2) is 0 Å². The van der Waals surface area contributed by atoms with Crippen molar-refractivity contribution in [2.75, 3.05) is 37.3 Å². The summed E-state index contributed by atoms with van der Waals surface area (Å²) >= 11 is 1.22. The van der Waals surface area contributed by atoms with Crippen LogP contribution >= 0.6 is 12.0 Å². The third-order valence-electron chi connectivity index (χ3n) is 3.68. The smallest absolute Gasteiger partial charge is 0.0447 e. The van der Waals surface area contributed by atoms with E-state index in [1.165, 1.54) is 28.9 Å². The van der Waals surface area contributed by atoms with Crippen molar-refractivity contribution in [3.8, 4) is 0 Å². The SMILES string of the molecule is CSOON1CCN(c2ccc(C(C)C)c(C)c2)CC1. The molecule has 0 atom stereocenters. The Morgan fingerprint density at radius 3 is 2.40 bits per heavy atom. The lowest BCUT2D eigenvalue weighted by atomic mass is 9.97. The van der Waals surface area contributed by atoms with Crippen LogP contribution < -0.4 is 4.90 Å². The van der Waals surface area contributed by atoms with Gasteiger partial charge in [-0.2, -0.15) is 5.06 Å². The molecule has 1 fully saturated rings. The molecule has 0 aromatic heterocycles. The first-order valence-corrected chi connectivity index (χ1v) is 8.24. The van der Waals surface area contributed by atoms with E-state index < -0.39 is 0 Å². The van der Waals surface area contributed by atoms with Crippen LogP contribution in [0.4, 0.5) is 5.69 Å². The summed E-state index contributed by atoms with van der Waals surface area (Å²) in [5.41, 5.74) is 4.11. The first kappa shape index (κ1) is 15.6. The van der Waals surface area contributed by atoms with E-state index in [0.29, 0.717) is 5.92 Å². The average molecular weight is 296 g/mol. The van der Waals surface area contributed by atoms with E-state index in [-0.39, 0.29) is 0 Å². The van der Waals surface area contributed by atoms with E-state index in [1.807, 2.05) is 11.3 Å². The van der Waals surface area contributed by atoms with Gasteiger partial charge in [0.05, 0.1) is 0 Å². The molecule has 1 aromatic carbocycles. The number of piperazine rings is 1. The summed E-state index contributed by atoms with van der Waals surface area (Å²) in [6.45, 7) is 10.3. The number of hydroxylamine groups is 2. The van der Waals surface area contributed by atoms with E-state index in [4.69, 9.17) is 9.32 Å². The molecule has 2 rings (SSSR count). The molecule has 1 aromatic rings. The van der Waals surface area contributed by atoms with Gasteiger partial charge < -0.3 is 4.90 Å². The quantitative estimate of drug-likeness (QED) is 0.471. The highest BCUT2D eigenvalue weighted by atomic mass is 32.2. The third kappa shape index (κ3) is 3.88. The maximum atomic E-state index is 5.16. The number of benzene rings is 1. The summed E-state index contributed by atoms with van der Waals surface area (Å²) < 4.78 is 4.90. The fraction of sp³-hybridized carbons (Fsp3) is 0.600. The second-order valence-corrected chi connectivity index (χ2v) is 5.89. The van der Waals surface area contributed by atoms with Crippen molar-refractivity contribution in [3.05, 3.63) is 29.3 Å². The number of hydrogen-bond acceptors (Lipinski definition) is 5. The molecule has 0 saturated carbocycles. The van der Waals surface area contributed by atoms with Gasteiger partial charge in [0.15, 0.2) is 0 Å². The minimum atomic E-state index is 0.581. The predicted octanol–water partition coefficient (Wildman–Crippen LogP) is 3.38. The zero-order valence-electron chi connectivity index (χ0n) is 12.8. The van der Waals surface area contributed by atoms with Gasteiger partial charge in [-0.05, 0) is 36.1 Å². The summed E-state index contributed by atoms with van der Waals surface area (Å²) in [5.74, 6) is 0.581. The van der Waals surface area contributed by atoms with Crippen molar-refractivity contribution >= 4 is 17.7 Å². The number of anilines is 1. The number of nitrogens with zero attached hydrogens (tertiary/aromatic N) is 2. The van der Waals surface area contributed by atoms with Crippen LogP contribution in [0.5, 0.6) is 0 Å².